The van der Waals surface area contributed by atoms with E-state index in [1.165, 1.54) is 10.9 Å². The minimum atomic E-state index is -3.67. The second-order valence-electron chi connectivity index (χ2n) is 3.26. The summed E-state index contributed by atoms with van der Waals surface area (Å²) in [5, 5.41) is -0.0237. The SMILES string of the molecule is Cn1cnc(N)c1S(=O)(=O)N1CCCO1. The third-order valence-corrected chi connectivity index (χ3v) is 3.95. The number of nitrogens with zero attached hydrogens (tertiary/aromatic N) is 3. The highest BCUT2D eigenvalue weighted by molar-refractivity contribution is 7.89. The Balaban J connectivity index is 2.45. The molecule has 15 heavy (non-hydrogen) atoms. The van der Waals surface area contributed by atoms with Gasteiger partial charge in [0.25, 0.3) is 10.0 Å². The molecule has 0 bridgehead atoms. The molecule has 1 aliphatic rings. The number of hydrogen-bond acceptors (Lipinski definition) is 5. The van der Waals surface area contributed by atoms with Crippen molar-refractivity contribution in [1.29, 1.82) is 0 Å². The third-order valence-electron chi connectivity index (χ3n) is 2.14. The number of nitrogen functional groups attached to an aromatic ring is 1. The molecule has 1 fully saturated rings. The maximum Gasteiger partial charge on any atom is 0.284 e. The zero-order valence-electron chi connectivity index (χ0n) is 8.25. The Morgan fingerprint density at radius 2 is 2.33 bits per heavy atom. The molecule has 0 saturated carbocycles. The first kappa shape index (κ1) is 10.4. The Hall–Kier alpha value is -1.12. The van der Waals surface area contributed by atoms with E-state index in [1.807, 2.05) is 0 Å². The van der Waals surface area contributed by atoms with E-state index in [0.29, 0.717) is 19.6 Å². The minimum absolute atomic E-state index is 0.00648. The van der Waals surface area contributed by atoms with Gasteiger partial charge in [-0.15, -0.1) is 0 Å². The molecule has 1 aliphatic heterocycles. The molecule has 0 radical (unpaired) electrons. The number of aryl methyl sites for hydroxylation is 1. The molecule has 0 aromatic carbocycles. The van der Waals surface area contributed by atoms with E-state index in [2.05, 4.69) is 4.98 Å². The summed E-state index contributed by atoms with van der Waals surface area (Å²) in [5.41, 5.74) is 5.50. The van der Waals surface area contributed by atoms with Gasteiger partial charge < -0.3 is 10.3 Å². The molecule has 2 heterocycles. The molecule has 0 atom stereocenters. The average molecular weight is 232 g/mol. The lowest BCUT2D eigenvalue weighted by atomic mass is 10.5. The molecular weight excluding hydrogens is 220 g/mol. The minimum Gasteiger partial charge on any atom is -0.381 e. The fourth-order valence-electron chi connectivity index (χ4n) is 1.46. The lowest BCUT2D eigenvalue weighted by Gasteiger charge is -2.14. The Labute approximate surface area is 87.5 Å². The van der Waals surface area contributed by atoms with Crippen LogP contribution in [0.4, 0.5) is 5.82 Å². The quantitative estimate of drug-likeness (QED) is 0.730. The standard InChI is InChI=1S/C7H12N4O3S/c1-10-5-9-6(8)7(10)15(12,13)11-3-2-4-14-11/h5H,2-4,8H2,1H3. The van der Waals surface area contributed by atoms with Crippen molar-refractivity contribution >= 4 is 15.8 Å². The van der Waals surface area contributed by atoms with Gasteiger partial charge in [-0.25, -0.2) is 13.4 Å². The van der Waals surface area contributed by atoms with Gasteiger partial charge in [-0.1, -0.05) is 4.47 Å². The number of aromatic nitrogens is 2. The monoisotopic (exact) mass is 232 g/mol. The smallest absolute Gasteiger partial charge is 0.284 e. The first-order valence-corrected chi connectivity index (χ1v) is 5.90. The van der Waals surface area contributed by atoms with Crippen LogP contribution in [0, 0.1) is 0 Å². The summed E-state index contributed by atoms with van der Waals surface area (Å²) < 4.78 is 26.3. The molecule has 0 amide bonds. The Morgan fingerprint density at radius 3 is 2.80 bits per heavy atom. The highest BCUT2D eigenvalue weighted by Gasteiger charge is 2.33. The predicted molar refractivity (Wildman–Crippen MR) is 52.1 cm³/mol. The number of imidazole rings is 1. The zero-order valence-corrected chi connectivity index (χ0v) is 9.07. The van der Waals surface area contributed by atoms with Crippen LogP contribution < -0.4 is 5.73 Å². The maximum absolute atomic E-state index is 12.0. The van der Waals surface area contributed by atoms with E-state index >= 15 is 0 Å². The summed E-state index contributed by atoms with van der Waals surface area (Å²) in [4.78, 5) is 8.73. The molecule has 0 unspecified atom stereocenters. The number of sulfonamides is 1. The van der Waals surface area contributed by atoms with E-state index in [4.69, 9.17) is 10.6 Å². The van der Waals surface area contributed by atoms with Gasteiger partial charge in [-0.2, -0.15) is 0 Å². The molecular formula is C7H12N4O3S. The van der Waals surface area contributed by atoms with Crippen LogP contribution in [0.5, 0.6) is 0 Å². The van der Waals surface area contributed by atoms with Crippen LogP contribution >= 0.6 is 0 Å². The van der Waals surface area contributed by atoms with E-state index in [0.717, 1.165) is 4.47 Å². The van der Waals surface area contributed by atoms with Crippen molar-refractivity contribution < 1.29 is 13.3 Å². The Bertz CT molecular complexity index is 441. The van der Waals surface area contributed by atoms with Gasteiger partial charge in [0.1, 0.15) is 0 Å². The van der Waals surface area contributed by atoms with E-state index in [-0.39, 0.29) is 10.8 Å². The van der Waals surface area contributed by atoms with E-state index in [9.17, 15) is 8.42 Å². The van der Waals surface area contributed by atoms with Crippen molar-refractivity contribution in [2.24, 2.45) is 7.05 Å². The molecule has 7 nitrogen and oxygen atoms in total. The van der Waals surface area contributed by atoms with Crippen LogP contribution in [0.15, 0.2) is 11.4 Å². The average Bonchev–Trinajstić information content (AvgIpc) is 2.75. The van der Waals surface area contributed by atoms with E-state index < -0.39 is 10.0 Å². The molecule has 2 N–H and O–H groups in total. The molecule has 1 aromatic heterocycles. The van der Waals surface area contributed by atoms with Gasteiger partial charge in [-0.3, -0.25) is 4.84 Å². The summed E-state index contributed by atoms with van der Waals surface area (Å²) in [7, 11) is -2.09. The second kappa shape index (κ2) is 3.47. The van der Waals surface area contributed by atoms with Crippen LogP contribution in [0.3, 0.4) is 0 Å². The summed E-state index contributed by atoms with van der Waals surface area (Å²) in [6, 6.07) is 0. The molecule has 8 heteroatoms. The van der Waals surface area contributed by atoms with Gasteiger partial charge in [-0.05, 0) is 6.42 Å². The molecule has 0 spiro atoms. The molecule has 2 rings (SSSR count). The third kappa shape index (κ3) is 1.60. The number of anilines is 1. The fraction of sp³-hybridized carbons (Fsp3) is 0.571. The largest absolute Gasteiger partial charge is 0.381 e. The van der Waals surface area contributed by atoms with Gasteiger partial charge in [0.2, 0.25) is 0 Å². The number of hydrogen-bond donors (Lipinski definition) is 1. The number of rotatable bonds is 2. The van der Waals surface area contributed by atoms with E-state index in [1.54, 1.807) is 7.05 Å². The summed E-state index contributed by atoms with van der Waals surface area (Å²) in [6.45, 7) is 0.768. The first-order chi connectivity index (χ1) is 7.03. The lowest BCUT2D eigenvalue weighted by molar-refractivity contribution is -0.0287. The highest BCUT2D eigenvalue weighted by atomic mass is 32.2. The fourth-order valence-corrected chi connectivity index (χ4v) is 2.97. The van der Waals surface area contributed by atoms with Crippen molar-refractivity contribution in [3.8, 4) is 0 Å². The molecule has 1 aromatic rings. The first-order valence-electron chi connectivity index (χ1n) is 4.46. The highest BCUT2D eigenvalue weighted by Crippen LogP contribution is 2.23. The summed E-state index contributed by atoms with van der Waals surface area (Å²) >= 11 is 0. The summed E-state index contributed by atoms with van der Waals surface area (Å²) in [5.74, 6) is -0.00648. The molecule has 0 aliphatic carbocycles. The van der Waals surface area contributed by atoms with Crippen molar-refractivity contribution in [2.75, 3.05) is 18.9 Å². The van der Waals surface area contributed by atoms with Gasteiger partial charge in [0.05, 0.1) is 12.9 Å². The van der Waals surface area contributed by atoms with Gasteiger partial charge >= 0.3 is 0 Å². The summed E-state index contributed by atoms with van der Waals surface area (Å²) in [6.07, 6.45) is 2.05. The zero-order chi connectivity index (χ0) is 11.1. The lowest BCUT2D eigenvalue weighted by Crippen LogP contribution is -2.29. The number of hydroxylamine groups is 1. The molecule has 1 saturated heterocycles. The second-order valence-corrected chi connectivity index (χ2v) is 5.01. The normalized spacial score (nSPS) is 18.5. The van der Waals surface area contributed by atoms with Crippen LogP contribution in [-0.4, -0.2) is 35.6 Å². The van der Waals surface area contributed by atoms with Gasteiger partial charge in [0.15, 0.2) is 10.8 Å². The van der Waals surface area contributed by atoms with Crippen LogP contribution in [-0.2, 0) is 21.9 Å². The topological polar surface area (TPSA) is 90.5 Å². The van der Waals surface area contributed by atoms with Crippen molar-refractivity contribution in [3.63, 3.8) is 0 Å². The van der Waals surface area contributed by atoms with Gasteiger partial charge in [0, 0.05) is 13.6 Å². The van der Waals surface area contributed by atoms with Crippen LogP contribution in [0.25, 0.3) is 0 Å². The Morgan fingerprint density at radius 1 is 1.60 bits per heavy atom. The van der Waals surface area contributed by atoms with Crippen LogP contribution in [0.2, 0.25) is 0 Å². The van der Waals surface area contributed by atoms with Crippen molar-refractivity contribution in [1.82, 2.24) is 14.0 Å². The van der Waals surface area contributed by atoms with Crippen LogP contribution in [0.1, 0.15) is 6.42 Å². The van der Waals surface area contributed by atoms with Crippen molar-refractivity contribution in [2.45, 2.75) is 11.4 Å². The number of nitrogens with two attached hydrogens (primary N) is 1. The predicted octanol–water partition coefficient (Wildman–Crippen LogP) is -0.672. The Kier molecular flexibility index (Phi) is 2.41. The van der Waals surface area contributed by atoms with Crippen molar-refractivity contribution in [3.05, 3.63) is 6.33 Å². The molecule has 84 valence electrons. The maximum atomic E-state index is 12.0.